The number of rotatable bonds is 6. The van der Waals surface area contributed by atoms with Crippen LogP contribution < -0.4 is 14.2 Å². The highest BCUT2D eigenvalue weighted by Gasteiger charge is 2.13. The topological polar surface area (TPSA) is 53.5 Å². The van der Waals surface area contributed by atoms with Gasteiger partial charge in [0, 0.05) is 23.8 Å². The van der Waals surface area contributed by atoms with Gasteiger partial charge in [0.05, 0.1) is 12.6 Å². The average Bonchev–Trinajstić information content (AvgIpc) is 2.74. The van der Waals surface area contributed by atoms with Gasteiger partial charge in [0.25, 0.3) is 0 Å². The third-order valence-corrected chi connectivity index (χ3v) is 4.44. The van der Waals surface area contributed by atoms with Crippen molar-refractivity contribution in [2.45, 2.75) is 6.61 Å². The molecule has 0 radical (unpaired) electrons. The molecule has 28 heavy (non-hydrogen) atoms. The van der Waals surface area contributed by atoms with Gasteiger partial charge in [-0.25, -0.2) is 4.98 Å². The number of ether oxygens (including phenoxy) is 3. The molecule has 0 N–H and O–H groups in total. The van der Waals surface area contributed by atoms with Crippen molar-refractivity contribution in [1.29, 1.82) is 0 Å². The molecule has 4 aromatic rings. The van der Waals surface area contributed by atoms with Crippen LogP contribution in [-0.2, 0) is 6.61 Å². The summed E-state index contributed by atoms with van der Waals surface area (Å²) in [5.41, 5.74) is 1.79. The highest BCUT2D eigenvalue weighted by Crippen LogP contribution is 2.38. The van der Waals surface area contributed by atoms with Crippen LogP contribution in [0.3, 0.4) is 0 Å². The van der Waals surface area contributed by atoms with Gasteiger partial charge < -0.3 is 14.2 Å². The Bertz CT molecular complexity index is 1100. The van der Waals surface area contributed by atoms with Crippen LogP contribution in [0.1, 0.15) is 5.56 Å². The standard InChI is InChI=1S/C22H17ClN2O3/c1-26-20-12-16-18(13-21(20)27-14-15-6-3-2-4-7-15)24-11-9-19(16)28-22-17(23)8-5-10-25-22/h2-13H,14H2,1H3. The van der Waals surface area contributed by atoms with Crippen LogP contribution in [0.25, 0.3) is 10.9 Å². The van der Waals surface area contributed by atoms with Crippen LogP contribution in [0.4, 0.5) is 0 Å². The Morgan fingerprint density at radius 3 is 2.50 bits per heavy atom. The Kier molecular flexibility index (Phi) is 5.26. The molecule has 0 fully saturated rings. The number of pyridine rings is 2. The molecule has 0 saturated carbocycles. The summed E-state index contributed by atoms with van der Waals surface area (Å²) in [4.78, 5) is 8.60. The lowest BCUT2D eigenvalue weighted by molar-refractivity contribution is 0.285. The Morgan fingerprint density at radius 1 is 0.857 bits per heavy atom. The maximum Gasteiger partial charge on any atom is 0.238 e. The van der Waals surface area contributed by atoms with Crippen molar-refractivity contribution in [3.8, 4) is 23.1 Å². The predicted octanol–water partition coefficient (Wildman–Crippen LogP) is 5.66. The van der Waals surface area contributed by atoms with Crippen molar-refractivity contribution >= 4 is 22.5 Å². The van der Waals surface area contributed by atoms with E-state index in [-0.39, 0.29) is 0 Å². The zero-order valence-corrected chi connectivity index (χ0v) is 15.9. The largest absolute Gasteiger partial charge is 0.493 e. The average molecular weight is 393 g/mol. The molecule has 5 nitrogen and oxygen atoms in total. The minimum Gasteiger partial charge on any atom is -0.493 e. The van der Waals surface area contributed by atoms with Crippen molar-refractivity contribution in [1.82, 2.24) is 9.97 Å². The van der Waals surface area contributed by atoms with Gasteiger partial charge in [-0.3, -0.25) is 4.98 Å². The molecule has 0 aliphatic carbocycles. The first-order chi connectivity index (χ1) is 13.7. The molecule has 2 heterocycles. The summed E-state index contributed by atoms with van der Waals surface area (Å²) in [6.07, 6.45) is 3.29. The van der Waals surface area contributed by atoms with E-state index in [0.717, 1.165) is 10.9 Å². The maximum absolute atomic E-state index is 6.16. The van der Waals surface area contributed by atoms with Crippen LogP contribution in [0.2, 0.25) is 5.02 Å². The van der Waals surface area contributed by atoms with Crippen LogP contribution in [0, 0.1) is 0 Å². The minimum atomic E-state index is 0.333. The molecule has 4 rings (SSSR count). The van der Waals surface area contributed by atoms with E-state index < -0.39 is 0 Å². The highest BCUT2D eigenvalue weighted by molar-refractivity contribution is 6.31. The van der Waals surface area contributed by atoms with E-state index in [9.17, 15) is 0 Å². The van der Waals surface area contributed by atoms with Gasteiger partial charge >= 0.3 is 0 Å². The lowest BCUT2D eigenvalue weighted by Gasteiger charge is -2.14. The maximum atomic E-state index is 6.16. The van der Waals surface area contributed by atoms with Crippen molar-refractivity contribution in [3.63, 3.8) is 0 Å². The predicted molar refractivity (Wildman–Crippen MR) is 108 cm³/mol. The van der Waals surface area contributed by atoms with Crippen molar-refractivity contribution in [2.75, 3.05) is 7.11 Å². The number of aromatic nitrogens is 2. The van der Waals surface area contributed by atoms with E-state index in [0.29, 0.717) is 40.3 Å². The third kappa shape index (κ3) is 3.85. The molecule has 140 valence electrons. The molecule has 0 amide bonds. The van der Waals surface area contributed by atoms with Crippen LogP contribution in [0.15, 0.2) is 73.1 Å². The summed E-state index contributed by atoms with van der Waals surface area (Å²) in [6.45, 7) is 0.433. The van der Waals surface area contributed by atoms with E-state index in [4.69, 9.17) is 25.8 Å². The number of methoxy groups -OCH3 is 1. The Labute approximate surface area is 167 Å². The second kappa shape index (κ2) is 8.15. The van der Waals surface area contributed by atoms with Gasteiger partial charge in [-0.15, -0.1) is 0 Å². The zero-order chi connectivity index (χ0) is 19.3. The molecule has 0 aliphatic rings. The summed E-state index contributed by atoms with van der Waals surface area (Å²) in [5.74, 6) is 2.12. The monoisotopic (exact) mass is 392 g/mol. The molecule has 2 aromatic heterocycles. The fourth-order valence-electron chi connectivity index (χ4n) is 2.78. The molecular formula is C22H17ClN2O3. The first-order valence-electron chi connectivity index (χ1n) is 8.66. The molecule has 0 saturated heterocycles. The smallest absolute Gasteiger partial charge is 0.238 e. The van der Waals surface area contributed by atoms with E-state index in [1.165, 1.54) is 0 Å². The number of hydrogen-bond acceptors (Lipinski definition) is 5. The Morgan fingerprint density at radius 2 is 1.71 bits per heavy atom. The lowest BCUT2D eigenvalue weighted by Crippen LogP contribution is -1.98. The molecule has 6 heteroatoms. The fourth-order valence-corrected chi connectivity index (χ4v) is 2.94. The van der Waals surface area contributed by atoms with E-state index in [2.05, 4.69) is 9.97 Å². The van der Waals surface area contributed by atoms with Gasteiger partial charge in [0.15, 0.2) is 11.5 Å². The summed E-state index contributed by atoms with van der Waals surface area (Å²) in [7, 11) is 1.60. The number of hydrogen-bond donors (Lipinski definition) is 0. The molecule has 0 atom stereocenters. The number of halogens is 1. The molecule has 0 aliphatic heterocycles. The highest BCUT2D eigenvalue weighted by atomic mass is 35.5. The van der Waals surface area contributed by atoms with Crippen molar-refractivity contribution in [2.24, 2.45) is 0 Å². The van der Waals surface area contributed by atoms with Crippen LogP contribution in [0.5, 0.6) is 23.1 Å². The molecular weight excluding hydrogens is 376 g/mol. The fraction of sp³-hybridized carbons (Fsp3) is 0.0909. The quantitative estimate of drug-likeness (QED) is 0.423. The first-order valence-corrected chi connectivity index (χ1v) is 9.04. The van der Waals surface area contributed by atoms with Gasteiger partial charge in [0.2, 0.25) is 5.88 Å². The SMILES string of the molecule is COc1cc2c(Oc3ncccc3Cl)ccnc2cc1OCc1ccccc1. The molecule has 2 aromatic carbocycles. The van der Waals surface area contributed by atoms with E-state index >= 15 is 0 Å². The number of nitrogens with zero attached hydrogens (tertiary/aromatic N) is 2. The normalized spacial score (nSPS) is 10.6. The summed E-state index contributed by atoms with van der Waals surface area (Å²) in [6, 6.07) is 18.9. The lowest BCUT2D eigenvalue weighted by atomic mass is 10.1. The van der Waals surface area contributed by atoms with Gasteiger partial charge in [-0.05, 0) is 29.8 Å². The van der Waals surface area contributed by atoms with Crippen LogP contribution >= 0.6 is 11.6 Å². The third-order valence-electron chi connectivity index (χ3n) is 4.16. The van der Waals surface area contributed by atoms with Crippen molar-refractivity contribution < 1.29 is 14.2 Å². The van der Waals surface area contributed by atoms with Gasteiger partial charge in [-0.1, -0.05) is 41.9 Å². The Balaban J connectivity index is 1.68. The van der Waals surface area contributed by atoms with Crippen molar-refractivity contribution in [3.05, 3.63) is 83.6 Å². The zero-order valence-electron chi connectivity index (χ0n) is 15.1. The van der Waals surface area contributed by atoms with E-state index in [1.807, 2.05) is 42.5 Å². The van der Waals surface area contributed by atoms with Crippen LogP contribution in [-0.4, -0.2) is 17.1 Å². The summed E-state index contributed by atoms with van der Waals surface area (Å²) >= 11 is 6.16. The number of benzene rings is 2. The first kappa shape index (κ1) is 18.1. The molecule has 0 spiro atoms. The summed E-state index contributed by atoms with van der Waals surface area (Å²) < 4.78 is 17.4. The molecule has 0 bridgehead atoms. The van der Waals surface area contributed by atoms with Gasteiger partial charge in [-0.2, -0.15) is 0 Å². The second-order valence-electron chi connectivity index (χ2n) is 6.00. The molecule has 0 unspecified atom stereocenters. The minimum absolute atomic E-state index is 0.333. The second-order valence-corrected chi connectivity index (χ2v) is 6.40. The van der Waals surface area contributed by atoms with Gasteiger partial charge in [0.1, 0.15) is 17.4 Å². The van der Waals surface area contributed by atoms with E-state index in [1.54, 1.807) is 37.7 Å². The Hall–Kier alpha value is -3.31. The number of fused-ring (bicyclic) bond motifs is 1. The summed E-state index contributed by atoms with van der Waals surface area (Å²) in [5, 5.41) is 1.20.